The third-order valence-electron chi connectivity index (χ3n) is 7.94. The first-order valence-corrected chi connectivity index (χ1v) is 13.2. The largest absolute Gasteiger partial charge is 0.438 e. The van der Waals surface area contributed by atoms with Gasteiger partial charge in [-0.3, -0.25) is 4.57 Å². The molecule has 4 heteroatoms. The molecule has 0 aliphatic heterocycles. The minimum absolute atomic E-state index is 0.651. The van der Waals surface area contributed by atoms with Gasteiger partial charge in [0.25, 0.3) is 0 Å². The van der Waals surface area contributed by atoms with Gasteiger partial charge < -0.3 is 8.98 Å². The zero-order valence-electron chi connectivity index (χ0n) is 20.9. The smallest absolute Gasteiger partial charge is 0.229 e. The Morgan fingerprint density at radius 3 is 1.97 bits per heavy atom. The number of fused-ring (bicyclic) bond motifs is 10. The Morgan fingerprint density at radius 1 is 0.462 bits per heavy atom. The van der Waals surface area contributed by atoms with E-state index in [9.17, 15) is 0 Å². The molecule has 0 saturated carbocycles. The lowest BCUT2D eigenvalue weighted by Gasteiger charge is -2.09. The molecule has 0 amide bonds. The molecule has 4 heterocycles. The number of hydrogen-bond donors (Lipinski definition) is 0. The van der Waals surface area contributed by atoms with Crippen molar-refractivity contribution in [3.63, 3.8) is 0 Å². The Balaban J connectivity index is 1.47. The van der Waals surface area contributed by atoms with Gasteiger partial charge in [-0.25, -0.2) is 0 Å². The van der Waals surface area contributed by atoms with Crippen LogP contribution < -0.4 is 0 Å². The molecular formula is C35H21N3O. The third kappa shape index (κ3) is 2.75. The molecule has 0 saturated heterocycles. The molecule has 0 bridgehead atoms. The van der Waals surface area contributed by atoms with Gasteiger partial charge in [-0.1, -0.05) is 78.9 Å². The Hall–Kier alpha value is -5.35. The Labute approximate surface area is 222 Å². The molecule has 0 atom stereocenters. The highest BCUT2D eigenvalue weighted by molar-refractivity contribution is 6.26. The van der Waals surface area contributed by atoms with E-state index in [1.807, 2.05) is 18.2 Å². The first-order valence-electron chi connectivity index (χ1n) is 13.2. The van der Waals surface area contributed by atoms with E-state index in [2.05, 4.69) is 118 Å². The SMILES string of the molecule is c1ccc(-n2c3ccccc3c3c2ccc2c4ccccc4n(-c4ccc5c(n4)oc4ccccc45)c23)cc1. The van der Waals surface area contributed by atoms with E-state index in [0.29, 0.717) is 5.71 Å². The summed E-state index contributed by atoms with van der Waals surface area (Å²) in [7, 11) is 0. The quantitative estimate of drug-likeness (QED) is 0.238. The summed E-state index contributed by atoms with van der Waals surface area (Å²) < 4.78 is 10.9. The van der Waals surface area contributed by atoms with Crippen LogP contribution in [0.3, 0.4) is 0 Å². The second-order valence-electron chi connectivity index (χ2n) is 10.0. The maximum absolute atomic E-state index is 6.21. The van der Waals surface area contributed by atoms with Crippen LogP contribution in [0.25, 0.3) is 77.2 Å². The fourth-order valence-corrected chi connectivity index (χ4v) is 6.32. The number of aromatic nitrogens is 3. The Bertz CT molecular complexity index is 2390. The lowest BCUT2D eigenvalue weighted by molar-refractivity contribution is 0.653. The minimum Gasteiger partial charge on any atom is -0.438 e. The lowest BCUT2D eigenvalue weighted by Crippen LogP contribution is -1.97. The van der Waals surface area contributed by atoms with E-state index >= 15 is 0 Å². The average molecular weight is 500 g/mol. The molecule has 0 unspecified atom stereocenters. The van der Waals surface area contributed by atoms with Crippen LogP contribution in [0.2, 0.25) is 0 Å². The zero-order valence-corrected chi connectivity index (χ0v) is 20.9. The molecule has 9 rings (SSSR count). The van der Waals surface area contributed by atoms with E-state index in [1.165, 1.54) is 32.6 Å². The van der Waals surface area contributed by atoms with Crippen molar-refractivity contribution in [2.24, 2.45) is 0 Å². The molecule has 182 valence electrons. The fourth-order valence-electron chi connectivity index (χ4n) is 6.32. The molecule has 5 aromatic carbocycles. The molecular weight excluding hydrogens is 478 g/mol. The van der Waals surface area contributed by atoms with E-state index < -0.39 is 0 Å². The van der Waals surface area contributed by atoms with Crippen molar-refractivity contribution in [3.05, 3.63) is 127 Å². The molecule has 0 N–H and O–H groups in total. The molecule has 4 nitrogen and oxygen atoms in total. The predicted octanol–water partition coefficient (Wildman–Crippen LogP) is 9.18. The molecule has 4 aromatic heterocycles. The van der Waals surface area contributed by atoms with Crippen LogP contribution in [-0.4, -0.2) is 14.1 Å². The van der Waals surface area contributed by atoms with E-state index in [0.717, 1.165) is 38.9 Å². The third-order valence-corrected chi connectivity index (χ3v) is 7.94. The van der Waals surface area contributed by atoms with Gasteiger partial charge in [0, 0.05) is 38.0 Å². The maximum Gasteiger partial charge on any atom is 0.229 e. The van der Waals surface area contributed by atoms with Crippen LogP contribution in [0.5, 0.6) is 0 Å². The van der Waals surface area contributed by atoms with Gasteiger partial charge in [-0.05, 0) is 48.5 Å². The van der Waals surface area contributed by atoms with Crippen molar-refractivity contribution in [1.29, 1.82) is 0 Å². The Morgan fingerprint density at radius 2 is 1.13 bits per heavy atom. The van der Waals surface area contributed by atoms with Gasteiger partial charge in [0.2, 0.25) is 5.71 Å². The summed E-state index contributed by atoms with van der Waals surface area (Å²) in [5.74, 6) is 0.844. The van der Waals surface area contributed by atoms with Crippen LogP contribution >= 0.6 is 0 Å². The average Bonchev–Trinajstić information content (AvgIpc) is 3.64. The van der Waals surface area contributed by atoms with Crippen LogP contribution in [0, 0.1) is 0 Å². The number of furan rings is 1. The first-order chi connectivity index (χ1) is 19.4. The van der Waals surface area contributed by atoms with E-state index in [1.54, 1.807) is 0 Å². The molecule has 0 fully saturated rings. The van der Waals surface area contributed by atoms with Crippen molar-refractivity contribution < 1.29 is 4.42 Å². The van der Waals surface area contributed by atoms with Gasteiger partial charge in [-0.15, -0.1) is 0 Å². The van der Waals surface area contributed by atoms with Crippen molar-refractivity contribution in [2.75, 3.05) is 0 Å². The summed E-state index contributed by atoms with van der Waals surface area (Å²) in [6.45, 7) is 0. The topological polar surface area (TPSA) is 35.9 Å². The van der Waals surface area contributed by atoms with Gasteiger partial charge in [0.15, 0.2) is 0 Å². The lowest BCUT2D eigenvalue weighted by atomic mass is 10.1. The standard InChI is InChI=1S/C35H21N3O/c1-2-10-22(11-3-1)37-29-16-8-5-14-27(29)33-30(37)20-18-25-23-12-4-7-15-28(23)38(34(25)33)32-21-19-26-24-13-6-9-17-31(24)39-35(26)36-32/h1-21H. The number of pyridine rings is 1. The normalized spacial score (nSPS) is 12.1. The molecule has 0 spiro atoms. The van der Waals surface area contributed by atoms with Gasteiger partial charge >= 0.3 is 0 Å². The number of para-hydroxylation sites is 4. The van der Waals surface area contributed by atoms with Crippen LogP contribution in [-0.2, 0) is 0 Å². The molecule has 9 aromatic rings. The van der Waals surface area contributed by atoms with Gasteiger partial charge in [-0.2, -0.15) is 4.98 Å². The van der Waals surface area contributed by atoms with Crippen molar-refractivity contribution in [3.8, 4) is 11.5 Å². The first kappa shape index (κ1) is 20.7. The van der Waals surface area contributed by atoms with Crippen LogP contribution in [0.4, 0.5) is 0 Å². The summed E-state index contributed by atoms with van der Waals surface area (Å²) in [5, 5.41) is 6.96. The van der Waals surface area contributed by atoms with Gasteiger partial charge in [0.1, 0.15) is 11.4 Å². The highest BCUT2D eigenvalue weighted by Crippen LogP contribution is 2.42. The summed E-state index contributed by atoms with van der Waals surface area (Å²) in [6, 6.07) is 44.8. The fraction of sp³-hybridized carbons (Fsp3) is 0. The summed E-state index contributed by atoms with van der Waals surface area (Å²) >= 11 is 0. The van der Waals surface area contributed by atoms with E-state index in [4.69, 9.17) is 9.40 Å². The van der Waals surface area contributed by atoms with Crippen LogP contribution in [0.15, 0.2) is 132 Å². The Kier molecular flexibility index (Phi) is 4.02. The van der Waals surface area contributed by atoms with Crippen molar-refractivity contribution in [2.45, 2.75) is 0 Å². The van der Waals surface area contributed by atoms with Crippen molar-refractivity contribution >= 4 is 65.7 Å². The summed E-state index contributed by atoms with van der Waals surface area (Å²) in [4.78, 5) is 5.10. The second-order valence-corrected chi connectivity index (χ2v) is 10.0. The van der Waals surface area contributed by atoms with E-state index in [-0.39, 0.29) is 0 Å². The number of hydrogen-bond acceptors (Lipinski definition) is 2. The minimum atomic E-state index is 0.651. The highest BCUT2D eigenvalue weighted by atomic mass is 16.3. The number of benzene rings is 5. The summed E-state index contributed by atoms with van der Waals surface area (Å²) in [6.07, 6.45) is 0. The summed E-state index contributed by atoms with van der Waals surface area (Å²) in [5.41, 5.74) is 7.29. The molecule has 39 heavy (non-hydrogen) atoms. The molecule has 0 aliphatic carbocycles. The van der Waals surface area contributed by atoms with Gasteiger partial charge in [0.05, 0.1) is 22.1 Å². The predicted molar refractivity (Wildman–Crippen MR) is 160 cm³/mol. The molecule has 0 aliphatic rings. The zero-order chi connectivity index (χ0) is 25.5. The van der Waals surface area contributed by atoms with Crippen LogP contribution in [0.1, 0.15) is 0 Å². The second kappa shape index (κ2) is 7.59. The number of nitrogens with zero attached hydrogens (tertiary/aromatic N) is 3. The molecule has 0 radical (unpaired) electrons. The van der Waals surface area contributed by atoms with Crippen molar-refractivity contribution in [1.82, 2.24) is 14.1 Å². The highest BCUT2D eigenvalue weighted by Gasteiger charge is 2.21. The maximum atomic E-state index is 6.21. The number of rotatable bonds is 2. The monoisotopic (exact) mass is 499 g/mol.